The van der Waals surface area contributed by atoms with Gasteiger partial charge in [-0.05, 0) is 18.2 Å². The van der Waals surface area contributed by atoms with Crippen LogP contribution in [-0.4, -0.2) is 21.1 Å². The second-order valence-electron chi connectivity index (χ2n) is 3.72. The Balaban J connectivity index is 2.22. The van der Waals surface area contributed by atoms with Crippen LogP contribution in [0.15, 0.2) is 22.7 Å². The third kappa shape index (κ3) is 2.98. The number of nitrogens with one attached hydrogen (secondary N) is 2. The van der Waals surface area contributed by atoms with Crippen LogP contribution in [0.5, 0.6) is 0 Å². The maximum absolute atomic E-state index is 11.9. The number of nitriles is 1. The van der Waals surface area contributed by atoms with Crippen LogP contribution < -0.4 is 5.32 Å². The van der Waals surface area contributed by atoms with Crippen molar-refractivity contribution in [2.45, 2.75) is 13.3 Å². The van der Waals surface area contributed by atoms with Gasteiger partial charge in [-0.2, -0.15) is 5.26 Å². The largest absolute Gasteiger partial charge is 0.318 e. The number of aromatic nitrogens is 3. The molecule has 1 aromatic heterocycles. The number of carbonyl (C=O) groups excluding carboxylic acids is 1. The highest BCUT2D eigenvalue weighted by atomic mass is 79.9. The Kier molecular flexibility index (Phi) is 3.92. The monoisotopic (exact) mass is 319 g/mol. The van der Waals surface area contributed by atoms with Crippen LogP contribution in [-0.2, 0) is 6.42 Å². The number of aryl methyl sites for hydroxylation is 1. The molecule has 0 bridgehead atoms. The van der Waals surface area contributed by atoms with E-state index in [1.165, 1.54) is 0 Å². The molecule has 0 aliphatic heterocycles. The molecule has 0 spiro atoms. The topological polar surface area (TPSA) is 94.5 Å². The van der Waals surface area contributed by atoms with E-state index in [2.05, 4.69) is 36.4 Å². The van der Waals surface area contributed by atoms with E-state index in [9.17, 15) is 4.79 Å². The van der Waals surface area contributed by atoms with E-state index in [0.29, 0.717) is 23.5 Å². The second kappa shape index (κ2) is 5.63. The average molecular weight is 320 g/mol. The molecule has 0 unspecified atom stereocenters. The SMILES string of the molecule is CCc1nc(C(=O)Nc2ccc(Br)cc2C#N)n[nH]1. The highest BCUT2D eigenvalue weighted by Gasteiger charge is 2.14. The Morgan fingerprint density at radius 1 is 1.58 bits per heavy atom. The smallest absolute Gasteiger partial charge is 0.295 e. The minimum Gasteiger partial charge on any atom is -0.318 e. The lowest BCUT2D eigenvalue weighted by Crippen LogP contribution is -2.14. The Bertz CT molecular complexity index is 658. The maximum Gasteiger partial charge on any atom is 0.295 e. The van der Waals surface area contributed by atoms with Gasteiger partial charge in [0, 0.05) is 10.9 Å². The number of halogens is 1. The van der Waals surface area contributed by atoms with Gasteiger partial charge in [0.15, 0.2) is 0 Å². The Labute approximate surface area is 118 Å². The van der Waals surface area contributed by atoms with Gasteiger partial charge in [0.05, 0.1) is 11.3 Å². The highest BCUT2D eigenvalue weighted by Crippen LogP contribution is 2.20. The minimum absolute atomic E-state index is 0.0589. The summed E-state index contributed by atoms with van der Waals surface area (Å²) in [6, 6.07) is 7.03. The third-order valence-corrected chi connectivity index (χ3v) is 2.91. The molecule has 1 amide bonds. The first-order chi connectivity index (χ1) is 9.13. The zero-order chi connectivity index (χ0) is 13.8. The van der Waals surface area contributed by atoms with Crippen LogP contribution in [0, 0.1) is 11.3 Å². The lowest BCUT2D eigenvalue weighted by Gasteiger charge is -2.04. The number of anilines is 1. The fourth-order valence-corrected chi connectivity index (χ4v) is 1.81. The van der Waals surface area contributed by atoms with Gasteiger partial charge in [-0.25, -0.2) is 4.98 Å². The van der Waals surface area contributed by atoms with Crippen molar-refractivity contribution in [3.05, 3.63) is 39.9 Å². The Hall–Kier alpha value is -2.20. The van der Waals surface area contributed by atoms with Gasteiger partial charge in [0.1, 0.15) is 11.9 Å². The molecule has 2 N–H and O–H groups in total. The van der Waals surface area contributed by atoms with Crippen LogP contribution >= 0.6 is 15.9 Å². The second-order valence-corrected chi connectivity index (χ2v) is 4.63. The van der Waals surface area contributed by atoms with Crippen molar-refractivity contribution in [1.82, 2.24) is 15.2 Å². The van der Waals surface area contributed by atoms with Crippen LogP contribution in [0.3, 0.4) is 0 Å². The molecule has 2 aromatic rings. The Morgan fingerprint density at radius 3 is 3.00 bits per heavy atom. The average Bonchev–Trinajstić information content (AvgIpc) is 2.89. The molecule has 0 atom stereocenters. The number of hydrogen-bond acceptors (Lipinski definition) is 4. The molecule has 96 valence electrons. The molecule has 0 saturated heterocycles. The number of H-pyrrole nitrogens is 1. The van der Waals surface area contributed by atoms with Crippen molar-refractivity contribution in [2.24, 2.45) is 0 Å². The number of benzene rings is 1. The number of carbonyl (C=O) groups is 1. The summed E-state index contributed by atoms with van der Waals surface area (Å²) < 4.78 is 0.771. The molecule has 0 radical (unpaired) electrons. The van der Waals surface area contributed by atoms with Crippen molar-refractivity contribution in [3.8, 4) is 6.07 Å². The van der Waals surface area contributed by atoms with Crippen LogP contribution in [0.25, 0.3) is 0 Å². The van der Waals surface area contributed by atoms with Gasteiger partial charge >= 0.3 is 0 Å². The predicted octanol–water partition coefficient (Wildman–Crippen LogP) is 2.25. The molecule has 19 heavy (non-hydrogen) atoms. The van der Waals surface area contributed by atoms with E-state index in [0.717, 1.165) is 4.47 Å². The van der Waals surface area contributed by atoms with Gasteiger partial charge in [-0.3, -0.25) is 9.89 Å². The van der Waals surface area contributed by atoms with E-state index in [1.54, 1.807) is 18.2 Å². The molecule has 7 heteroatoms. The fourth-order valence-electron chi connectivity index (χ4n) is 1.45. The zero-order valence-electron chi connectivity index (χ0n) is 10.1. The minimum atomic E-state index is -0.449. The van der Waals surface area contributed by atoms with Gasteiger partial charge in [-0.15, -0.1) is 5.10 Å². The van der Waals surface area contributed by atoms with Gasteiger partial charge < -0.3 is 5.32 Å². The van der Waals surface area contributed by atoms with E-state index < -0.39 is 5.91 Å². The number of nitrogens with zero attached hydrogens (tertiary/aromatic N) is 3. The van der Waals surface area contributed by atoms with Crippen LogP contribution in [0.4, 0.5) is 5.69 Å². The standard InChI is InChI=1S/C12H10BrN5O/c1-2-10-16-11(18-17-10)12(19)15-9-4-3-8(13)5-7(9)6-14/h3-5H,2H2,1H3,(H,15,19)(H,16,17,18). The summed E-state index contributed by atoms with van der Waals surface area (Å²) in [5.74, 6) is 0.250. The molecule has 0 aliphatic rings. The quantitative estimate of drug-likeness (QED) is 0.907. The number of amides is 1. The fraction of sp³-hybridized carbons (Fsp3) is 0.167. The molecule has 1 aromatic carbocycles. The summed E-state index contributed by atoms with van der Waals surface area (Å²) >= 11 is 3.27. The molecule has 0 saturated carbocycles. The summed E-state index contributed by atoms with van der Waals surface area (Å²) in [6.07, 6.45) is 0.669. The lowest BCUT2D eigenvalue weighted by atomic mass is 10.2. The zero-order valence-corrected chi connectivity index (χ0v) is 11.7. The Morgan fingerprint density at radius 2 is 2.37 bits per heavy atom. The summed E-state index contributed by atoms with van der Waals surface area (Å²) in [7, 11) is 0. The molecule has 1 heterocycles. The summed E-state index contributed by atoms with van der Waals surface area (Å²) in [4.78, 5) is 15.9. The lowest BCUT2D eigenvalue weighted by molar-refractivity contribution is 0.101. The van der Waals surface area contributed by atoms with Gasteiger partial charge in [0.2, 0.25) is 5.82 Å². The third-order valence-electron chi connectivity index (χ3n) is 2.42. The summed E-state index contributed by atoms with van der Waals surface area (Å²) in [5.41, 5.74) is 0.799. The first kappa shape index (κ1) is 13.2. The van der Waals surface area contributed by atoms with Crippen LogP contribution in [0.1, 0.15) is 28.9 Å². The van der Waals surface area contributed by atoms with Gasteiger partial charge in [0.25, 0.3) is 5.91 Å². The van der Waals surface area contributed by atoms with Crippen molar-refractivity contribution < 1.29 is 4.79 Å². The maximum atomic E-state index is 11.9. The molecule has 6 nitrogen and oxygen atoms in total. The molecule has 2 rings (SSSR count). The number of aromatic amines is 1. The molecule has 0 fully saturated rings. The first-order valence-corrected chi connectivity index (χ1v) is 6.35. The predicted molar refractivity (Wildman–Crippen MR) is 72.6 cm³/mol. The van der Waals surface area contributed by atoms with Crippen molar-refractivity contribution in [1.29, 1.82) is 5.26 Å². The summed E-state index contributed by atoms with van der Waals surface area (Å²) in [5, 5.41) is 18.1. The van der Waals surface area contributed by atoms with E-state index in [1.807, 2.05) is 13.0 Å². The van der Waals surface area contributed by atoms with Crippen molar-refractivity contribution in [2.75, 3.05) is 5.32 Å². The summed E-state index contributed by atoms with van der Waals surface area (Å²) in [6.45, 7) is 1.91. The van der Waals surface area contributed by atoms with Crippen molar-refractivity contribution >= 4 is 27.5 Å². The highest BCUT2D eigenvalue weighted by molar-refractivity contribution is 9.10. The van der Waals surface area contributed by atoms with E-state index in [-0.39, 0.29) is 5.82 Å². The van der Waals surface area contributed by atoms with Gasteiger partial charge in [-0.1, -0.05) is 22.9 Å². The number of hydrogen-bond donors (Lipinski definition) is 2. The van der Waals surface area contributed by atoms with E-state index >= 15 is 0 Å². The molecular weight excluding hydrogens is 310 g/mol. The van der Waals surface area contributed by atoms with E-state index in [4.69, 9.17) is 5.26 Å². The number of rotatable bonds is 3. The van der Waals surface area contributed by atoms with Crippen LogP contribution in [0.2, 0.25) is 0 Å². The molecular formula is C12H10BrN5O. The molecule has 0 aliphatic carbocycles. The van der Waals surface area contributed by atoms with Crippen molar-refractivity contribution in [3.63, 3.8) is 0 Å². The normalized spacial score (nSPS) is 9.95. The first-order valence-electron chi connectivity index (χ1n) is 5.56.